The average Bonchev–Trinajstić information content (AvgIpc) is 3.38. The molecule has 2 saturated heterocycles. The summed E-state index contributed by atoms with van der Waals surface area (Å²) in [7, 11) is 0. The number of rotatable bonds is 9. The minimum Gasteiger partial charge on any atom is -0.331 e. The molecule has 28 heavy (non-hydrogen) atoms. The summed E-state index contributed by atoms with van der Waals surface area (Å²) < 4.78 is 0. The van der Waals surface area contributed by atoms with Crippen LogP contribution in [-0.2, 0) is 9.59 Å². The second kappa shape index (κ2) is 10.8. The average molecular weight is 395 g/mol. The van der Waals surface area contributed by atoms with Gasteiger partial charge in [0.2, 0.25) is 5.91 Å². The van der Waals surface area contributed by atoms with E-state index in [1.165, 1.54) is 0 Å². The molecule has 3 amide bonds. The SMILES string of the molecule is CCC(CC)NNC(=O)N1CCCC1C(=O)N1CCCC1C(=O)C(CC)CC. The highest BCUT2D eigenvalue weighted by molar-refractivity contribution is 5.94. The number of ketones is 1. The maximum absolute atomic E-state index is 13.3. The van der Waals surface area contributed by atoms with Gasteiger partial charge in [-0.15, -0.1) is 0 Å². The molecule has 2 heterocycles. The fourth-order valence-corrected chi connectivity index (χ4v) is 4.48. The molecule has 2 N–H and O–H groups in total. The fourth-order valence-electron chi connectivity index (χ4n) is 4.48. The lowest BCUT2D eigenvalue weighted by atomic mass is 9.92. The zero-order chi connectivity index (χ0) is 20.7. The van der Waals surface area contributed by atoms with Gasteiger partial charge < -0.3 is 9.80 Å². The molecule has 160 valence electrons. The monoisotopic (exact) mass is 394 g/mol. The van der Waals surface area contributed by atoms with E-state index in [4.69, 9.17) is 0 Å². The summed E-state index contributed by atoms with van der Waals surface area (Å²) >= 11 is 0. The number of urea groups is 1. The van der Waals surface area contributed by atoms with Gasteiger partial charge in [-0.2, -0.15) is 0 Å². The molecular formula is C21H38N4O3. The number of hydrogen-bond acceptors (Lipinski definition) is 4. The minimum absolute atomic E-state index is 0.0191. The van der Waals surface area contributed by atoms with Crippen molar-refractivity contribution in [1.82, 2.24) is 20.7 Å². The van der Waals surface area contributed by atoms with Crippen LogP contribution in [0.1, 0.15) is 79.1 Å². The van der Waals surface area contributed by atoms with Crippen LogP contribution in [0.25, 0.3) is 0 Å². The number of nitrogens with one attached hydrogen (secondary N) is 2. The Morgan fingerprint density at radius 3 is 2.00 bits per heavy atom. The highest BCUT2D eigenvalue weighted by atomic mass is 16.2. The first-order chi connectivity index (χ1) is 13.5. The Kier molecular flexibility index (Phi) is 8.73. The predicted octanol–water partition coefficient (Wildman–Crippen LogP) is 2.85. The molecule has 2 rings (SSSR count). The van der Waals surface area contributed by atoms with Crippen molar-refractivity contribution in [2.45, 2.75) is 97.2 Å². The summed E-state index contributed by atoms with van der Waals surface area (Å²) in [6, 6.07) is -0.796. The van der Waals surface area contributed by atoms with Gasteiger partial charge in [0.05, 0.1) is 6.04 Å². The molecule has 0 radical (unpaired) electrons. The Hall–Kier alpha value is -1.63. The van der Waals surface area contributed by atoms with Crippen LogP contribution in [0.2, 0.25) is 0 Å². The molecule has 0 aromatic carbocycles. The Bertz CT molecular complexity index is 546. The predicted molar refractivity (Wildman–Crippen MR) is 110 cm³/mol. The lowest BCUT2D eigenvalue weighted by molar-refractivity contribution is -0.142. The van der Waals surface area contributed by atoms with Crippen molar-refractivity contribution < 1.29 is 14.4 Å². The lowest BCUT2D eigenvalue weighted by Gasteiger charge is -2.32. The second-order valence-corrected chi connectivity index (χ2v) is 8.04. The van der Waals surface area contributed by atoms with Crippen molar-refractivity contribution in [2.75, 3.05) is 13.1 Å². The topological polar surface area (TPSA) is 81.8 Å². The van der Waals surface area contributed by atoms with Crippen molar-refractivity contribution in [1.29, 1.82) is 0 Å². The summed E-state index contributed by atoms with van der Waals surface area (Å²) in [5, 5.41) is 0. The third-order valence-electron chi connectivity index (χ3n) is 6.42. The van der Waals surface area contributed by atoms with Crippen LogP contribution in [0.4, 0.5) is 4.79 Å². The molecule has 2 aliphatic heterocycles. The Balaban J connectivity index is 2.03. The minimum atomic E-state index is -0.460. The molecule has 0 aliphatic carbocycles. The van der Waals surface area contributed by atoms with E-state index in [-0.39, 0.29) is 35.7 Å². The summed E-state index contributed by atoms with van der Waals surface area (Å²) in [6.45, 7) is 9.39. The first kappa shape index (κ1) is 22.7. The molecule has 2 fully saturated rings. The Morgan fingerprint density at radius 2 is 1.43 bits per heavy atom. The highest BCUT2D eigenvalue weighted by Gasteiger charge is 2.42. The number of amides is 3. The molecule has 0 aromatic rings. The molecule has 2 unspecified atom stereocenters. The van der Waals surface area contributed by atoms with Crippen molar-refractivity contribution >= 4 is 17.7 Å². The zero-order valence-corrected chi connectivity index (χ0v) is 18.0. The summed E-state index contributed by atoms with van der Waals surface area (Å²) in [6.07, 6.45) is 6.56. The van der Waals surface area contributed by atoms with E-state index < -0.39 is 6.04 Å². The van der Waals surface area contributed by atoms with Crippen LogP contribution in [-0.4, -0.2) is 58.7 Å². The summed E-state index contributed by atoms with van der Waals surface area (Å²) in [4.78, 5) is 42.2. The highest BCUT2D eigenvalue weighted by Crippen LogP contribution is 2.27. The number of carbonyl (C=O) groups is 3. The van der Waals surface area contributed by atoms with Crippen LogP contribution >= 0.6 is 0 Å². The van der Waals surface area contributed by atoms with Gasteiger partial charge in [-0.1, -0.05) is 27.7 Å². The third-order valence-corrected chi connectivity index (χ3v) is 6.42. The molecule has 0 aromatic heterocycles. The van der Waals surface area contributed by atoms with Gasteiger partial charge in [-0.05, 0) is 51.4 Å². The second-order valence-electron chi connectivity index (χ2n) is 8.04. The maximum atomic E-state index is 13.3. The van der Waals surface area contributed by atoms with Crippen LogP contribution in [0.5, 0.6) is 0 Å². The van der Waals surface area contributed by atoms with E-state index in [0.29, 0.717) is 19.5 Å². The molecule has 0 saturated carbocycles. The number of hydrazine groups is 1. The third kappa shape index (κ3) is 5.04. The van der Waals surface area contributed by atoms with Gasteiger partial charge in [-0.25, -0.2) is 10.2 Å². The number of hydrogen-bond donors (Lipinski definition) is 2. The van der Waals surface area contributed by atoms with Crippen molar-refractivity contribution in [3.63, 3.8) is 0 Å². The van der Waals surface area contributed by atoms with Crippen LogP contribution < -0.4 is 10.9 Å². The zero-order valence-electron chi connectivity index (χ0n) is 18.0. The van der Waals surface area contributed by atoms with Gasteiger partial charge in [-0.3, -0.25) is 15.0 Å². The molecular weight excluding hydrogens is 356 g/mol. The number of Topliss-reactive ketones (excluding diaryl/α,β-unsaturated/α-hetero) is 1. The quantitative estimate of drug-likeness (QED) is 0.589. The van der Waals surface area contributed by atoms with Crippen molar-refractivity contribution in [3.05, 3.63) is 0 Å². The normalized spacial score (nSPS) is 22.4. The maximum Gasteiger partial charge on any atom is 0.332 e. The summed E-state index contributed by atoms with van der Waals surface area (Å²) in [5.74, 6) is 0.155. The lowest BCUT2D eigenvalue weighted by Crippen LogP contribution is -2.56. The van der Waals surface area contributed by atoms with E-state index in [0.717, 1.165) is 44.9 Å². The van der Waals surface area contributed by atoms with E-state index in [9.17, 15) is 14.4 Å². The first-order valence-corrected chi connectivity index (χ1v) is 11.1. The van der Waals surface area contributed by atoms with Crippen LogP contribution in [0.15, 0.2) is 0 Å². The molecule has 7 heteroatoms. The van der Waals surface area contributed by atoms with E-state index in [1.54, 1.807) is 9.80 Å². The van der Waals surface area contributed by atoms with Crippen molar-refractivity contribution in [2.24, 2.45) is 5.92 Å². The van der Waals surface area contributed by atoms with Gasteiger partial charge in [0.15, 0.2) is 5.78 Å². The fraction of sp³-hybridized carbons (Fsp3) is 0.857. The Morgan fingerprint density at radius 1 is 0.857 bits per heavy atom. The number of likely N-dealkylation sites (tertiary alicyclic amines) is 2. The largest absolute Gasteiger partial charge is 0.332 e. The van der Waals surface area contributed by atoms with Crippen molar-refractivity contribution in [3.8, 4) is 0 Å². The van der Waals surface area contributed by atoms with E-state index in [1.807, 2.05) is 13.8 Å². The molecule has 0 spiro atoms. The van der Waals surface area contributed by atoms with E-state index in [2.05, 4.69) is 24.7 Å². The van der Waals surface area contributed by atoms with Gasteiger partial charge in [0, 0.05) is 25.0 Å². The summed E-state index contributed by atoms with van der Waals surface area (Å²) in [5.41, 5.74) is 5.83. The standard InChI is InChI=1S/C21H38N4O3/c1-5-15(6-2)19(26)17-11-9-13-24(17)20(27)18-12-10-14-25(18)21(28)23-22-16(7-3)8-4/h15-18,22H,5-14H2,1-4H3,(H,23,28). The number of carbonyl (C=O) groups excluding carboxylic acids is 3. The van der Waals surface area contributed by atoms with Gasteiger partial charge in [0.25, 0.3) is 0 Å². The molecule has 2 aliphatic rings. The molecule has 0 bridgehead atoms. The smallest absolute Gasteiger partial charge is 0.331 e. The Labute approximate surface area is 169 Å². The van der Waals surface area contributed by atoms with Crippen LogP contribution in [0, 0.1) is 5.92 Å². The van der Waals surface area contributed by atoms with Gasteiger partial charge in [0.1, 0.15) is 6.04 Å². The van der Waals surface area contributed by atoms with Crippen LogP contribution in [0.3, 0.4) is 0 Å². The van der Waals surface area contributed by atoms with E-state index >= 15 is 0 Å². The first-order valence-electron chi connectivity index (χ1n) is 11.1. The molecule has 7 nitrogen and oxygen atoms in total. The number of nitrogens with zero attached hydrogens (tertiary/aromatic N) is 2. The molecule has 2 atom stereocenters. The van der Waals surface area contributed by atoms with Gasteiger partial charge >= 0.3 is 6.03 Å².